The minimum absolute atomic E-state index is 0.210. The summed E-state index contributed by atoms with van der Waals surface area (Å²) in [4.78, 5) is 21.1. The summed E-state index contributed by atoms with van der Waals surface area (Å²) in [6, 6.07) is 11.2. The van der Waals surface area contributed by atoms with Crippen molar-refractivity contribution in [3.63, 3.8) is 0 Å². The van der Waals surface area contributed by atoms with Gasteiger partial charge in [0.15, 0.2) is 5.82 Å². The molecule has 140 valence electrons. The maximum atomic E-state index is 12.4. The van der Waals surface area contributed by atoms with Gasteiger partial charge in [-0.2, -0.15) is 15.0 Å². The fourth-order valence-corrected chi connectivity index (χ4v) is 2.63. The lowest BCUT2D eigenvalue weighted by Crippen LogP contribution is -2.15. The number of nitriles is 1. The van der Waals surface area contributed by atoms with E-state index in [4.69, 9.17) is 4.74 Å². The number of benzene rings is 1. The molecule has 1 N–H and O–H groups in total. The predicted octanol–water partition coefficient (Wildman–Crippen LogP) is 2.81. The zero-order valence-corrected chi connectivity index (χ0v) is 15.7. The third-order valence-electron chi connectivity index (χ3n) is 3.84. The van der Waals surface area contributed by atoms with Gasteiger partial charge >= 0.3 is 0 Å². The van der Waals surface area contributed by atoms with Crippen molar-refractivity contribution in [3.05, 3.63) is 65.1 Å². The summed E-state index contributed by atoms with van der Waals surface area (Å²) in [5.74, 6) is 0.719. The first-order valence-corrected chi connectivity index (χ1v) is 8.44. The number of carbonyl (C=O) groups is 1. The van der Waals surface area contributed by atoms with Crippen LogP contribution < -0.4 is 10.1 Å². The van der Waals surface area contributed by atoms with Crippen LogP contribution >= 0.6 is 0 Å². The lowest BCUT2D eigenvalue weighted by molar-refractivity contribution is -0.111. The number of hydrogen-bond acceptors (Lipinski definition) is 6. The standard InChI is InChI=1S/C20H18N6O2/c1-13-10-14(2)24-20(23-13)26-19(16(11-21)12-22-26)25-18(27)9-8-15-6-4-5-7-17(15)28-3/h4-10,12H,1-3H3,(H,25,27)/b9-8+. The Kier molecular flexibility index (Phi) is 5.46. The van der Waals surface area contributed by atoms with Gasteiger partial charge in [-0.25, -0.2) is 9.97 Å². The van der Waals surface area contributed by atoms with Crippen LogP contribution in [0.25, 0.3) is 12.0 Å². The molecule has 0 unspecified atom stereocenters. The van der Waals surface area contributed by atoms with E-state index in [1.54, 1.807) is 19.3 Å². The molecule has 2 aromatic heterocycles. The molecule has 1 aromatic carbocycles. The van der Waals surface area contributed by atoms with Gasteiger partial charge in [-0.05, 0) is 32.1 Å². The molecule has 0 radical (unpaired) electrons. The number of aryl methyl sites for hydroxylation is 2. The number of methoxy groups -OCH3 is 1. The zero-order valence-electron chi connectivity index (χ0n) is 15.7. The van der Waals surface area contributed by atoms with Crippen molar-refractivity contribution in [2.24, 2.45) is 0 Å². The molecule has 0 saturated heterocycles. The Balaban J connectivity index is 1.90. The van der Waals surface area contributed by atoms with Crippen LogP contribution in [0.4, 0.5) is 5.82 Å². The zero-order chi connectivity index (χ0) is 20.1. The number of aromatic nitrogens is 4. The Labute approximate surface area is 162 Å². The van der Waals surface area contributed by atoms with Gasteiger partial charge in [-0.15, -0.1) is 0 Å². The molecular formula is C20H18N6O2. The number of hydrogen-bond donors (Lipinski definition) is 1. The van der Waals surface area contributed by atoms with Gasteiger partial charge in [-0.1, -0.05) is 18.2 Å². The van der Waals surface area contributed by atoms with Crippen LogP contribution in [0.5, 0.6) is 5.75 Å². The minimum Gasteiger partial charge on any atom is -0.496 e. The van der Waals surface area contributed by atoms with Crippen LogP contribution in [-0.4, -0.2) is 32.8 Å². The van der Waals surface area contributed by atoms with E-state index in [1.807, 2.05) is 44.2 Å². The third kappa shape index (κ3) is 4.04. The van der Waals surface area contributed by atoms with Crippen LogP contribution in [0.15, 0.2) is 42.6 Å². The molecule has 28 heavy (non-hydrogen) atoms. The van der Waals surface area contributed by atoms with E-state index in [2.05, 4.69) is 20.4 Å². The number of nitrogens with one attached hydrogen (secondary N) is 1. The van der Waals surface area contributed by atoms with E-state index in [-0.39, 0.29) is 17.3 Å². The Morgan fingerprint density at radius 1 is 1.25 bits per heavy atom. The molecular weight excluding hydrogens is 356 g/mol. The molecule has 0 aliphatic carbocycles. The van der Waals surface area contributed by atoms with Crippen LogP contribution in [0.3, 0.4) is 0 Å². The maximum Gasteiger partial charge on any atom is 0.252 e. The van der Waals surface area contributed by atoms with E-state index < -0.39 is 5.91 Å². The Hall–Kier alpha value is -3.99. The summed E-state index contributed by atoms with van der Waals surface area (Å²) in [5.41, 5.74) is 2.48. The molecule has 2 heterocycles. The first kappa shape index (κ1) is 18.8. The van der Waals surface area contributed by atoms with Gasteiger partial charge in [0.05, 0.1) is 13.3 Å². The van der Waals surface area contributed by atoms with Crippen molar-refractivity contribution < 1.29 is 9.53 Å². The number of para-hydroxylation sites is 1. The van der Waals surface area contributed by atoms with Gasteiger partial charge in [0, 0.05) is 23.0 Å². The van der Waals surface area contributed by atoms with Crippen LogP contribution in [0.1, 0.15) is 22.5 Å². The lowest BCUT2D eigenvalue weighted by atomic mass is 10.2. The summed E-state index contributed by atoms with van der Waals surface area (Å²) in [6.07, 6.45) is 4.35. The molecule has 0 spiro atoms. The fourth-order valence-electron chi connectivity index (χ4n) is 2.63. The third-order valence-corrected chi connectivity index (χ3v) is 3.84. The molecule has 0 aliphatic heterocycles. The van der Waals surface area contributed by atoms with Crippen molar-refractivity contribution in [3.8, 4) is 17.8 Å². The van der Waals surface area contributed by atoms with Crippen LogP contribution in [-0.2, 0) is 4.79 Å². The largest absolute Gasteiger partial charge is 0.496 e. The fraction of sp³-hybridized carbons (Fsp3) is 0.150. The van der Waals surface area contributed by atoms with E-state index in [1.165, 1.54) is 17.0 Å². The molecule has 3 aromatic rings. The highest BCUT2D eigenvalue weighted by atomic mass is 16.5. The topological polar surface area (TPSA) is 106 Å². The van der Waals surface area contributed by atoms with Crippen molar-refractivity contribution in [2.45, 2.75) is 13.8 Å². The molecule has 3 rings (SSSR count). The summed E-state index contributed by atoms with van der Waals surface area (Å²) in [5, 5.41) is 16.2. The van der Waals surface area contributed by atoms with Crippen LogP contribution in [0.2, 0.25) is 0 Å². The Morgan fingerprint density at radius 2 is 1.96 bits per heavy atom. The molecule has 8 nitrogen and oxygen atoms in total. The molecule has 0 fully saturated rings. The lowest BCUT2D eigenvalue weighted by Gasteiger charge is -2.08. The maximum absolute atomic E-state index is 12.4. The summed E-state index contributed by atoms with van der Waals surface area (Å²) in [6.45, 7) is 3.67. The minimum atomic E-state index is -0.423. The summed E-state index contributed by atoms with van der Waals surface area (Å²) >= 11 is 0. The normalized spacial score (nSPS) is 10.6. The van der Waals surface area contributed by atoms with E-state index in [0.717, 1.165) is 17.0 Å². The Morgan fingerprint density at radius 3 is 2.64 bits per heavy atom. The quantitative estimate of drug-likeness (QED) is 0.689. The highest BCUT2D eigenvalue weighted by molar-refractivity contribution is 6.02. The van der Waals surface area contributed by atoms with Crippen molar-refractivity contribution >= 4 is 17.8 Å². The average molecular weight is 374 g/mol. The molecule has 0 aliphatic rings. The van der Waals surface area contributed by atoms with Crippen molar-refractivity contribution in [2.75, 3.05) is 12.4 Å². The van der Waals surface area contributed by atoms with E-state index in [0.29, 0.717) is 5.75 Å². The average Bonchev–Trinajstić information content (AvgIpc) is 3.08. The highest BCUT2D eigenvalue weighted by Gasteiger charge is 2.16. The number of amides is 1. The predicted molar refractivity (Wildman–Crippen MR) is 104 cm³/mol. The van der Waals surface area contributed by atoms with Crippen LogP contribution in [0, 0.1) is 25.2 Å². The number of anilines is 1. The molecule has 8 heteroatoms. The van der Waals surface area contributed by atoms with Gasteiger partial charge in [0.25, 0.3) is 5.95 Å². The number of ether oxygens (including phenoxy) is 1. The van der Waals surface area contributed by atoms with Gasteiger partial charge in [0.1, 0.15) is 17.4 Å². The Bertz CT molecular complexity index is 1070. The van der Waals surface area contributed by atoms with Gasteiger partial charge in [-0.3, -0.25) is 4.79 Å². The monoisotopic (exact) mass is 374 g/mol. The van der Waals surface area contributed by atoms with Gasteiger partial charge in [0.2, 0.25) is 5.91 Å². The highest BCUT2D eigenvalue weighted by Crippen LogP contribution is 2.20. The second-order valence-corrected chi connectivity index (χ2v) is 5.95. The number of nitrogens with zero attached hydrogens (tertiary/aromatic N) is 5. The number of rotatable bonds is 5. The SMILES string of the molecule is COc1ccccc1/C=C/C(=O)Nc1c(C#N)cnn1-c1nc(C)cc(C)n1. The summed E-state index contributed by atoms with van der Waals surface area (Å²) in [7, 11) is 1.56. The van der Waals surface area contributed by atoms with Gasteiger partial charge < -0.3 is 10.1 Å². The first-order chi connectivity index (χ1) is 13.5. The molecule has 0 bridgehead atoms. The molecule has 0 saturated carbocycles. The second-order valence-electron chi connectivity index (χ2n) is 5.95. The summed E-state index contributed by atoms with van der Waals surface area (Å²) < 4.78 is 6.60. The van der Waals surface area contributed by atoms with Crippen molar-refractivity contribution in [1.29, 1.82) is 5.26 Å². The second kappa shape index (κ2) is 8.14. The number of carbonyl (C=O) groups excluding carboxylic acids is 1. The molecule has 1 amide bonds. The first-order valence-electron chi connectivity index (χ1n) is 8.44. The van der Waals surface area contributed by atoms with E-state index in [9.17, 15) is 10.1 Å². The van der Waals surface area contributed by atoms with E-state index >= 15 is 0 Å². The van der Waals surface area contributed by atoms with Crippen molar-refractivity contribution in [1.82, 2.24) is 19.7 Å². The molecule has 0 atom stereocenters. The smallest absolute Gasteiger partial charge is 0.252 e.